The van der Waals surface area contributed by atoms with Gasteiger partial charge in [0.15, 0.2) is 0 Å². The van der Waals surface area contributed by atoms with E-state index < -0.39 is 0 Å². The van der Waals surface area contributed by atoms with Gasteiger partial charge < -0.3 is 0 Å². The number of benzene rings is 2. The van der Waals surface area contributed by atoms with Crippen LogP contribution in [-0.4, -0.2) is 0 Å². The molecular weight excluding hydrogens is 250 g/mol. The molecular formula is C14H10ClNS. The fourth-order valence-corrected chi connectivity index (χ4v) is 2.83. The summed E-state index contributed by atoms with van der Waals surface area (Å²) in [6.07, 6.45) is 0. The molecule has 2 aromatic carbocycles. The number of hydrogen-bond acceptors (Lipinski definition) is 2. The number of halogens is 1. The van der Waals surface area contributed by atoms with E-state index in [2.05, 4.69) is 12.1 Å². The first-order valence-corrected chi connectivity index (χ1v) is 6.33. The second-order valence-electron chi connectivity index (χ2n) is 3.64. The van der Waals surface area contributed by atoms with Gasteiger partial charge in [-0.05, 0) is 31.2 Å². The van der Waals surface area contributed by atoms with E-state index in [0.29, 0.717) is 10.6 Å². The molecule has 0 aliphatic heterocycles. The van der Waals surface area contributed by atoms with E-state index in [4.69, 9.17) is 16.9 Å². The Hall–Kier alpha value is -1.43. The van der Waals surface area contributed by atoms with Crippen molar-refractivity contribution in [2.75, 3.05) is 0 Å². The van der Waals surface area contributed by atoms with Crippen molar-refractivity contribution in [3.05, 3.63) is 58.6 Å². The topological polar surface area (TPSA) is 23.8 Å². The number of rotatable bonds is 2. The molecule has 0 bridgehead atoms. The molecule has 2 aromatic rings. The summed E-state index contributed by atoms with van der Waals surface area (Å²) in [5.74, 6) is 0. The van der Waals surface area contributed by atoms with Crippen LogP contribution in [0.4, 0.5) is 0 Å². The van der Waals surface area contributed by atoms with Crippen LogP contribution in [0.2, 0.25) is 5.02 Å². The van der Waals surface area contributed by atoms with Gasteiger partial charge in [-0.15, -0.1) is 0 Å². The van der Waals surface area contributed by atoms with E-state index in [1.165, 1.54) is 5.56 Å². The highest BCUT2D eigenvalue weighted by molar-refractivity contribution is 7.99. The van der Waals surface area contributed by atoms with Crippen LogP contribution in [0.3, 0.4) is 0 Å². The summed E-state index contributed by atoms with van der Waals surface area (Å²) < 4.78 is 0. The van der Waals surface area contributed by atoms with E-state index in [9.17, 15) is 0 Å². The summed E-state index contributed by atoms with van der Waals surface area (Å²) in [6.45, 7) is 2.05. The van der Waals surface area contributed by atoms with E-state index in [0.717, 1.165) is 9.79 Å². The lowest BCUT2D eigenvalue weighted by atomic mass is 10.2. The summed E-state index contributed by atoms with van der Waals surface area (Å²) in [6, 6.07) is 15.8. The molecule has 2 rings (SSSR count). The van der Waals surface area contributed by atoms with Gasteiger partial charge in [0, 0.05) is 9.79 Å². The number of nitriles is 1. The average Bonchev–Trinajstić information content (AvgIpc) is 2.29. The second-order valence-corrected chi connectivity index (χ2v) is 5.17. The van der Waals surface area contributed by atoms with Crippen LogP contribution in [0.1, 0.15) is 11.1 Å². The lowest BCUT2D eigenvalue weighted by molar-refractivity contribution is 1.33. The molecule has 0 aliphatic carbocycles. The fraction of sp³-hybridized carbons (Fsp3) is 0.0714. The standard InChI is InChI=1S/C14H10ClNS/c1-10-4-2-5-11(8-10)17-14-7-3-6-13(15)12(14)9-16/h2-8H,1H3. The Labute approximate surface area is 110 Å². The lowest BCUT2D eigenvalue weighted by Gasteiger charge is -2.05. The maximum atomic E-state index is 9.08. The van der Waals surface area contributed by atoms with Gasteiger partial charge in [0.2, 0.25) is 0 Å². The molecule has 0 saturated heterocycles. The van der Waals surface area contributed by atoms with Crippen LogP contribution >= 0.6 is 23.4 Å². The van der Waals surface area contributed by atoms with Crippen LogP contribution in [0.25, 0.3) is 0 Å². The number of hydrogen-bond donors (Lipinski definition) is 0. The second kappa shape index (κ2) is 5.27. The van der Waals surface area contributed by atoms with Crippen molar-refractivity contribution in [1.29, 1.82) is 5.26 Å². The van der Waals surface area contributed by atoms with Crippen LogP contribution in [-0.2, 0) is 0 Å². The van der Waals surface area contributed by atoms with Crippen LogP contribution < -0.4 is 0 Å². The molecule has 0 aliphatic rings. The van der Waals surface area contributed by atoms with Gasteiger partial charge in [-0.25, -0.2) is 0 Å². The van der Waals surface area contributed by atoms with Crippen molar-refractivity contribution in [2.45, 2.75) is 16.7 Å². The molecule has 0 aromatic heterocycles. The van der Waals surface area contributed by atoms with Crippen molar-refractivity contribution >= 4 is 23.4 Å². The molecule has 3 heteroatoms. The van der Waals surface area contributed by atoms with E-state index >= 15 is 0 Å². The van der Waals surface area contributed by atoms with Gasteiger partial charge in [-0.2, -0.15) is 5.26 Å². The third kappa shape index (κ3) is 2.82. The molecule has 0 radical (unpaired) electrons. The summed E-state index contributed by atoms with van der Waals surface area (Å²) >= 11 is 7.55. The van der Waals surface area contributed by atoms with E-state index in [-0.39, 0.29) is 0 Å². The maximum Gasteiger partial charge on any atom is 0.102 e. The minimum atomic E-state index is 0.505. The zero-order valence-corrected chi connectivity index (χ0v) is 10.8. The van der Waals surface area contributed by atoms with Gasteiger partial charge in [-0.1, -0.05) is 47.1 Å². The monoisotopic (exact) mass is 259 g/mol. The highest BCUT2D eigenvalue weighted by Gasteiger charge is 2.07. The third-order valence-electron chi connectivity index (χ3n) is 2.30. The minimum absolute atomic E-state index is 0.505. The number of aryl methyl sites for hydroxylation is 1. The van der Waals surface area contributed by atoms with Gasteiger partial charge in [-0.3, -0.25) is 0 Å². The smallest absolute Gasteiger partial charge is 0.102 e. The Balaban J connectivity index is 2.37. The van der Waals surface area contributed by atoms with Crippen molar-refractivity contribution in [1.82, 2.24) is 0 Å². The fourth-order valence-electron chi connectivity index (χ4n) is 1.50. The summed E-state index contributed by atoms with van der Waals surface area (Å²) in [7, 11) is 0. The molecule has 0 unspecified atom stereocenters. The molecule has 84 valence electrons. The van der Waals surface area contributed by atoms with Gasteiger partial charge >= 0.3 is 0 Å². The molecule has 0 fully saturated rings. The van der Waals surface area contributed by atoms with Crippen molar-refractivity contribution in [3.8, 4) is 6.07 Å². The van der Waals surface area contributed by atoms with Gasteiger partial charge in [0.1, 0.15) is 6.07 Å². The maximum absolute atomic E-state index is 9.08. The first-order chi connectivity index (χ1) is 8.20. The first-order valence-electron chi connectivity index (χ1n) is 5.14. The predicted octanol–water partition coefficient (Wildman–Crippen LogP) is 4.67. The molecule has 1 nitrogen and oxygen atoms in total. The molecule has 0 atom stereocenters. The molecule has 0 saturated carbocycles. The normalized spacial score (nSPS) is 9.94. The number of nitrogens with zero attached hydrogens (tertiary/aromatic N) is 1. The Morgan fingerprint density at radius 3 is 2.65 bits per heavy atom. The van der Waals surface area contributed by atoms with Crippen LogP contribution in [0, 0.1) is 18.3 Å². The van der Waals surface area contributed by atoms with Gasteiger partial charge in [0.25, 0.3) is 0 Å². The third-order valence-corrected chi connectivity index (χ3v) is 3.67. The van der Waals surface area contributed by atoms with Crippen LogP contribution in [0.15, 0.2) is 52.3 Å². The average molecular weight is 260 g/mol. The predicted molar refractivity (Wildman–Crippen MR) is 71.5 cm³/mol. The molecule has 0 N–H and O–H groups in total. The lowest BCUT2D eigenvalue weighted by Crippen LogP contribution is -1.83. The summed E-state index contributed by atoms with van der Waals surface area (Å²) in [4.78, 5) is 2.01. The Morgan fingerprint density at radius 1 is 1.18 bits per heavy atom. The van der Waals surface area contributed by atoms with Crippen molar-refractivity contribution < 1.29 is 0 Å². The van der Waals surface area contributed by atoms with Crippen molar-refractivity contribution in [2.24, 2.45) is 0 Å². The Bertz CT molecular complexity index is 587. The van der Waals surface area contributed by atoms with E-state index in [1.54, 1.807) is 17.8 Å². The van der Waals surface area contributed by atoms with Crippen LogP contribution in [0.5, 0.6) is 0 Å². The highest BCUT2D eigenvalue weighted by atomic mass is 35.5. The van der Waals surface area contributed by atoms with Gasteiger partial charge in [0.05, 0.1) is 10.6 Å². The molecule has 0 amide bonds. The first kappa shape index (κ1) is 12.0. The largest absolute Gasteiger partial charge is 0.192 e. The highest BCUT2D eigenvalue weighted by Crippen LogP contribution is 2.33. The summed E-state index contributed by atoms with van der Waals surface area (Å²) in [5, 5.41) is 9.59. The Kier molecular flexibility index (Phi) is 3.73. The molecule has 0 spiro atoms. The molecule has 17 heavy (non-hydrogen) atoms. The Morgan fingerprint density at radius 2 is 1.94 bits per heavy atom. The zero-order valence-electron chi connectivity index (χ0n) is 9.27. The van der Waals surface area contributed by atoms with Crippen molar-refractivity contribution in [3.63, 3.8) is 0 Å². The SMILES string of the molecule is Cc1cccc(Sc2cccc(Cl)c2C#N)c1. The zero-order chi connectivity index (χ0) is 12.3. The van der Waals surface area contributed by atoms with E-state index in [1.807, 2.05) is 37.3 Å². The quantitative estimate of drug-likeness (QED) is 0.782. The molecule has 0 heterocycles. The summed E-state index contributed by atoms with van der Waals surface area (Å²) in [5.41, 5.74) is 1.75. The minimum Gasteiger partial charge on any atom is -0.192 e.